The summed E-state index contributed by atoms with van der Waals surface area (Å²) >= 11 is 0. The summed E-state index contributed by atoms with van der Waals surface area (Å²) in [7, 11) is 1.79. The van der Waals surface area contributed by atoms with Gasteiger partial charge in [0.1, 0.15) is 5.75 Å². The van der Waals surface area contributed by atoms with Gasteiger partial charge in [0.2, 0.25) is 5.91 Å². The molecule has 2 aromatic rings. The van der Waals surface area contributed by atoms with Gasteiger partial charge in [-0.05, 0) is 44.3 Å². The smallest absolute Gasteiger partial charge is 0.248 e. The maximum atomic E-state index is 14.0. The number of nitrogens with one attached hydrogen (secondary N) is 1. The van der Waals surface area contributed by atoms with Crippen LogP contribution in [0.4, 0.5) is 4.39 Å². The quantitative estimate of drug-likeness (QED) is 0.889. The molecule has 2 aromatic carbocycles. The van der Waals surface area contributed by atoms with Gasteiger partial charge < -0.3 is 15.8 Å². The fraction of sp³-hybridized carbons (Fsp3) is 0.188. The molecule has 3 N–H and O–H groups in total. The topological polar surface area (TPSA) is 64.3 Å². The minimum atomic E-state index is -0.517. The van der Waals surface area contributed by atoms with Crippen LogP contribution in [0.5, 0.6) is 11.5 Å². The second-order valence-corrected chi connectivity index (χ2v) is 4.66. The molecule has 110 valence electrons. The van der Waals surface area contributed by atoms with E-state index in [2.05, 4.69) is 5.32 Å². The van der Waals surface area contributed by atoms with Crippen LogP contribution in [0.25, 0.3) is 0 Å². The van der Waals surface area contributed by atoms with Gasteiger partial charge in [-0.2, -0.15) is 0 Å². The molecule has 0 saturated carbocycles. The fourth-order valence-corrected chi connectivity index (χ4v) is 1.93. The van der Waals surface area contributed by atoms with E-state index in [4.69, 9.17) is 10.5 Å². The summed E-state index contributed by atoms with van der Waals surface area (Å²) < 4.78 is 19.6. The molecule has 1 amide bonds. The maximum absolute atomic E-state index is 14.0. The van der Waals surface area contributed by atoms with Crippen molar-refractivity contribution < 1.29 is 13.9 Å². The van der Waals surface area contributed by atoms with Gasteiger partial charge in [0, 0.05) is 17.2 Å². The number of hydrogen-bond acceptors (Lipinski definition) is 3. The Morgan fingerprint density at radius 1 is 1.24 bits per heavy atom. The van der Waals surface area contributed by atoms with Crippen LogP contribution in [0.2, 0.25) is 0 Å². The normalized spacial score (nSPS) is 12.0. The van der Waals surface area contributed by atoms with Crippen molar-refractivity contribution >= 4 is 5.91 Å². The molecule has 1 atom stereocenters. The molecule has 0 aromatic heterocycles. The molecular weight excluding hydrogens is 271 g/mol. The second-order valence-electron chi connectivity index (χ2n) is 4.66. The van der Waals surface area contributed by atoms with E-state index >= 15 is 0 Å². The van der Waals surface area contributed by atoms with Crippen molar-refractivity contribution in [1.29, 1.82) is 0 Å². The van der Waals surface area contributed by atoms with Crippen molar-refractivity contribution in [3.05, 3.63) is 59.4 Å². The summed E-state index contributed by atoms with van der Waals surface area (Å²) in [5.74, 6) is -0.341. The predicted octanol–water partition coefficient (Wildman–Crippen LogP) is 3.00. The molecular formula is C16H17FN2O2. The molecule has 0 heterocycles. The number of rotatable bonds is 5. The lowest BCUT2D eigenvalue weighted by Gasteiger charge is -2.17. The Kier molecular flexibility index (Phi) is 4.55. The van der Waals surface area contributed by atoms with Crippen LogP contribution >= 0.6 is 0 Å². The lowest BCUT2D eigenvalue weighted by Crippen LogP contribution is -2.13. The highest BCUT2D eigenvalue weighted by Crippen LogP contribution is 2.32. The zero-order chi connectivity index (χ0) is 15.4. The Morgan fingerprint density at radius 3 is 2.48 bits per heavy atom. The first-order valence-corrected chi connectivity index (χ1v) is 6.56. The van der Waals surface area contributed by atoms with Gasteiger partial charge >= 0.3 is 0 Å². The van der Waals surface area contributed by atoms with Crippen molar-refractivity contribution in [1.82, 2.24) is 5.32 Å². The fourth-order valence-electron chi connectivity index (χ4n) is 1.93. The third kappa shape index (κ3) is 3.38. The maximum Gasteiger partial charge on any atom is 0.248 e. The molecule has 0 aliphatic heterocycles. The molecule has 0 aliphatic rings. The van der Waals surface area contributed by atoms with Gasteiger partial charge in [0.05, 0.1) is 0 Å². The number of halogens is 1. The summed E-state index contributed by atoms with van der Waals surface area (Å²) in [4.78, 5) is 11.0. The van der Waals surface area contributed by atoms with Crippen molar-refractivity contribution in [2.24, 2.45) is 5.73 Å². The minimum absolute atomic E-state index is 0.0550. The Hall–Kier alpha value is -2.40. The average molecular weight is 288 g/mol. The molecule has 0 aliphatic carbocycles. The molecule has 0 spiro atoms. The molecule has 5 heteroatoms. The number of hydrogen-bond donors (Lipinski definition) is 2. The van der Waals surface area contributed by atoms with E-state index in [1.54, 1.807) is 43.4 Å². The third-order valence-corrected chi connectivity index (χ3v) is 3.26. The van der Waals surface area contributed by atoms with Gasteiger partial charge in [0.15, 0.2) is 11.6 Å². The van der Waals surface area contributed by atoms with E-state index in [1.165, 1.54) is 6.07 Å². The molecule has 0 radical (unpaired) electrons. The van der Waals surface area contributed by atoms with E-state index in [0.29, 0.717) is 11.3 Å². The largest absolute Gasteiger partial charge is 0.454 e. The van der Waals surface area contributed by atoms with Crippen LogP contribution in [-0.4, -0.2) is 13.0 Å². The van der Waals surface area contributed by atoms with E-state index < -0.39 is 11.7 Å². The first kappa shape index (κ1) is 15.0. The number of ether oxygens (including phenoxy) is 1. The highest BCUT2D eigenvalue weighted by Gasteiger charge is 2.15. The highest BCUT2D eigenvalue weighted by atomic mass is 19.1. The number of primary amides is 1. The van der Waals surface area contributed by atoms with E-state index in [0.717, 1.165) is 5.56 Å². The van der Waals surface area contributed by atoms with E-state index in [1.807, 2.05) is 6.92 Å². The van der Waals surface area contributed by atoms with Gasteiger partial charge in [-0.1, -0.05) is 12.1 Å². The number of carbonyl (C=O) groups is 1. The number of amides is 1. The number of para-hydroxylation sites is 1. The van der Waals surface area contributed by atoms with Crippen LogP contribution < -0.4 is 15.8 Å². The first-order valence-electron chi connectivity index (χ1n) is 6.56. The van der Waals surface area contributed by atoms with Crippen molar-refractivity contribution in [3.8, 4) is 11.5 Å². The zero-order valence-corrected chi connectivity index (χ0v) is 11.9. The second kappa shape index (κ2) is 6.37. The van der Waals surface area contributed by atoms with Gasteiger partial charge in [-0.25, -0.2) is 4.39 Å². The molecule has 4 nitrogen and oxygen atoms in total. The van der Waals surface area contributed by atoms with Crippen LogP contribution in [0.1, 0.15) is 28.9 Å². The minimum Gasteiger partial charge on any atom is -0.454 e. The third-order valence-electron chi connectivity index (χ3n) is 3.26. The Labute approximate surface area is 122 Å². The molecule has 0 saturated heterocycles. The Bertz CT molecular complexity index is 641. The van der Waals surface area contributed by atoms with Gasteiger partial charge in [-0.3, -0.25) is 4.79 Å². The SMILES string of the molecule is CNC(C)c1cccc(F)c1Oc1ccc(C(N)=O)cc1. The summed E-state index contributed by atoms with van der Waals surface area (Å²) in [5.41, 5.74) is 6.27. The average Bonchev–Trinajstić information content (AvgIpc) is 2.49. The van der Waals surface area contributed by atoms with Gasteiger partial charge in [-0.15, -0.1) is 0 Å². The summed E-state index contributed by atoms with van der Waals surface area (Å²) in [6.45, 7) is 1.91. The summed E-state index contributed by atoms with van der Waals surface area (Å²) in [6.07, 6.45) is 0. The van der Waals surface area contributed by atoms with Crippen LogP contribution in [-0.2, 0) is 0 Å². The van der Waals surface area contributed by atoms with Crippen molar-refractivity contribution in [3.63, 3.8) is 0 Å². The van der Waals surface area contributed by atoms with Gasteiger partial charge in [0.25, 0.3) is 0 Å². The molecule has 1 unspecified atom stereocenters. The number of benzene rings is 2. The molecule has 0 fully saturated rings. The molecule has 21 heavy (non-hydrogen) atoms. The zero-order valence-electron chi connectivity index (χ0n) is 11.9. The standard InChI is InChI=1S/C16H17FN2O2/c1-10(19-2)13-4-3-5-14(17)15(13)21-12-8-6-11(7-9-12)16(18)20/h3-10,19H,1-2H3,(H2,18,20). The van der Waals surface area contributed by atoms with Crippen LogP contribution in [0, 0.1) is 5.82 Å². The first-order chi connectivity index (χ1) is 10.0. The molecule has 2 rings (SSSR count). The van der Waals surface area contributed by atoms with Crippen LogP contribution in [0.3, 0.4) is 0 Å². The number of nitrogens with two attached hydrogens (primary N) is 1. The van der Waals surface area contributed by atoms with E-state index in [-0.39, 0.29) is 11.8 Å². The van der Waals surface area contributed by atoms with Crippen molar-refractivity contribution in [2.45, 2.75) is 13.0 Å². The monoisotopic (exact) mass is 288 g/mol. The highest BCUT2D eigenvalue weighted by molar-refractivity contribution is 5.92. The van der Waals surface area contributed by atoms with Crippen molar-refractivity contribution in [2.75, 3.05) is 7.05 Å². The lowest BCUT2D eigenvalue weighted by atomic mass is 10.1. The van der Waals surface area contributed by atoms with Crippen LogP contribution in [0.15, 0.2) is 42.5 Å². The van der Waals surface area contributed by atoms with E-state index in [9.17, 15) is 9.18 Å². The Morgan fingerprint density at radius 2 is 1.90 bits per heavy atom. The summed E-state index contributed by atoms with van der Waals surface area (Å²) in [5, 5.41) is 3.05. The Balaban J connectivity index is 2.32. The summed E-state index contributed by atoms with van der Waals surface area (Å²) in [6, 6.07) is 11.0. The number of carbonyl (C=O) groups excluding carboxylic acids is 1. The lowest BCUT2D eigenvalue weighted by molar-refractivity contribution is 0.100. The molecule has 0 bridgehead atoms. The predicted molar refractivity (Wildman–Crippen MR) is 78.9 cm³/mol.